The van der Waals surface area contributed by atoms with Gasteiger partial charge in [-0.25, -0.2) is 18.4 Å². The van der Waals surface area contributed by atoms with E-state index < -0.39 is 25.9 Å². The second kappa shape index (κ2) is 4.24. The molecule has 1 N–H and O–H groups in total. The average molecular weight is 282 g/mol. The molecule has 2 aliphatic heterocycles. The molecule has 1 aromatic heterocycles. The van der Waals surface area contributed by atoms with E-state index in [1.165, 1.54) is 0 Å². The Bertz CT molecular complexity index is 562. The molecule has 0 saturated carbocycles. The Morgan fingerprint density at radius 1 is 1.21 bits per heavy atom. The lowest BCUT2D eigenvalue weighted by atomic mass is 9.81. The van der Waals surface area contributed by atoms with Crippen LogP contribution < -0.4 is 0 Å². The molecule has 0 aliphatic carbocycles. The van der Waals surface area contributed by atoms with Crippen molar-refractivity contribution in [3.05, 3.63) is 23.8 Å². The van der Waals surface area contributed by atoms with Crippen molar-refractivity contribution < 1.29 is 13.5 Å². The SMILES string of the molecule is Cc1ncc(C2(O)CC3CCCC(C2)S3(=O)=O)cn1. The Morgan fingerprint density at radius 3 is 2.26 bits per heavy atom. The third kappa shape index (κ3) is 2.07. The fourth-order valence-electron chi connectivity index (χ4n) is 3.32. The first-order valence-electron chi connectivity index (χ1n) is 6.66. The summed E-state index contributed by atoms with van der Waals surface area (Å²) in [5.41, 5.74) is -0.445. The van der Waals surface area contributed by atoms with E-state index in [0.717, 1.165) is 6.42 Å². The minimum atomic E-state index is -3.05. The summed E-state index contributed by atoms with van der Waals surface area (Å²) in [6, 6.07) is 0. The first-order valence-corrected chi connectivity index (χ1v) is 8.27. The van der Waals surface area contributed by atoms with E-state index in [2.05, 4.69) is 9.97 Å². The molecule has 6 heteroatoms. The molecule has 3 rings (SSSR count). The van der Waals surface area contributed by atoms with Crippen LogP contribution in [0.5, 0.6) is 0 Å². The van der Waals surface area contributed by atoms with Crippen LogP contribution in [0.15, 0.2) is 12.4 Å². The van der Waals surface area contributed by atoms with Gasteiger partial charge in [-0.15, -0.1) is 0 Å². The van der Waals surface area contributed by atoms with Gasteiger partial charge in [0.25, 0.3) is 0 Å². The lowest BCUT2D eigenvalue weighted by molar-refractivity contribution is 0.00435. The Kier molecular flexibility index (Phi) is 2.90. The Morgan fingerprint density at radius 2 is 1.74 bits per heavy atom. The topological polar surface area (TPSA) is 80.2 Å². The van der Waals surface area contributed by atoms with Gasteiger partial charge in [0.05, 0.1) is 16.1 Å². The fraction of sp³-hybridized carbons (Fsp3) is 0.692. The van der Waals surface area contributed by atoms with Crippen LogP contribution in [0.1, 0.15) is 43.5 Å². The molecule has 0 radical (unpaired) electrons. The molecule has 2 fully saturated rings. The van der Waals surface area contributed by atoms with E-state index in [-0.39, 0.29) is 12.8 Å². The number of rotatable bonds is 1. The first kappa shape index (κ1) is 13.0. The van der Waals surface area contributed by atoms with Crippen molar-refractivity contribution in [2.45, 2.75) is 55.1 Å². The second-order valence-corrected chi connectivity index (χ2v) is 8.23. The van der Waals surface area contributed by atoms with Crippen molar-refractivity contribution in [3.63, 3.8) is 0 Å². The number of nitrogens with zero attached hydrogens (tertiary/aromatic N) is 2. The summed E-state index contributed by atoms with van der Waals surface area (Å²) in [5, 5.41) is 10.0. The largest absolute Gasteiger partial charge is 0.385 e. The van der Waals surface area contributed by atoms with Crippen molar-refractivity contribution >= 4 is 9.84 Å². The standard InChI is InChI=1S/C13H18N2O3S/c1-9-14-7-10(8-15-9)13(16)5-11-3-2-4-12(6-13)19(11,17)18/h7-8,11-12,16H,2-6H2,1H3. The van der Waals surface area contributed by atoms with Crippen LogP contribution in [0, 0.1) is 6.92 Å². The quantitative estimate of drug-likeness (QED) is 0.834. The van der Waals surface area contributed by atoms with Crippen molar-refractivity contribution in [2.75, 3.05) is 0 Å². The number of hydrogen-bond acceptors (Lipinski definition) is 5. The zero-order valence-electron chi connectivity index (χ0n) is 10.9. The second-order valence-electron chi connectivity index (χ2n) is 5.72. The van der Waals surface area contributed by atoms with E-state index in [4.69, 9.17) is 0 Å². The molecule has 0 aromatic carbocycles. The summed E-state index contributed by atoms with van der Waals surface area (Å²) >= 11 is 0. The van der Waals surface area contributed by atoms with Gasteiger partial charge in [0.15, 0.2) is 9.84 Å². The maximum absolute atomic E-state index is 12.2. The third-order valence-electron chi connectivity index (χ3n) is 4.43. The average Bonchev–Trinajstić information content (AvgIpc) is 2.32. The summed E-state index contributed by atoms with van der Waals surface area (Å²) < 4.78 is 24.5. The predicted octanol–water partition coefficient (Wildman–Crippen LogP) is 1.10. The summed E-state index contributed by atoms with van der Waals surface area (Å²) in [6.07, 6.45) is 6.05. The normalized spacial score (nSPS) is 36.9. The number of aliphatic hydroxyl groups is 1. The molecule has 0 amide bonds. The Hall–Kier alpha value is -1.01. The Labute approximate surface area is 113 Å². The molecular weight excluding hydrogens is 264 g/mol. The number of aryl methyl sites for hydroxylation is 1. The van der Waals surface area contributed by atoms with Crippen molar-refractivity contribution in [2.24, 2.45) is 0 Å². The molecule has 104 valence electrons. The summed E-state index contributed by atoms with van der Waals surface area (Å²) in [5.74, 6) is 0.649. The maximum Gasteiger partial charge on any atom is 0.156 e. The smallest absolute Gasteiger partial charge is 0.156 e. The van der Waals surface area contributed by atoms with Gasteiger partial charge in [0.1, 0.15) is 5.82 Å². The lowest BCUT2D eigenvalue weighted by Gasteiger charge is -2.43. The van der Waals surface area contributed by atoms with Crippen LogP contribution in [0.3, 0.4) is 0 Å². The lowest BCUT2D eigenvalue weighted by Crippen LogP contribution is -2.50. The number of sulfone groups is 1. The van der Waals surface area contributed by atoms with Gasteiger partial charge in [0, 0.05) is 18.0 Å². The van der Waals surface area contributed by atoms with Gasteiger partial charge >= 0.3 is 0 Å². The highest BCUT2D eigenvalue weighted by Gasteiger charge is 2.51. The minimum Gasteiger partial charge on any atom is -0.385 e. The predicted molar refractivity (Wildman–Crippen MR) is 70.2 cm³/mol. The number of aromatic nitrogens is 2. The van der Waals surface area contributed by atoms with Crippen LogP contribution in [0.2, 0.25) is 0 Å². The van der Waals surface area contributed by atoms with E-state index in [0.29, 0.717) is 24.2 Å². The summed E-state index contributed by atoms with van der Waals surface area (Å²) in [4.78, 5) is 8.22. The Balaban J connectivity index is 1.97. The van der Waals surface area contributed by atoms with Crippen LogP contribution in [-0.2, 0) is 15.4 Å². The number of fused-ring (bicyclic) bond motifs is 2. The molecule has 2 saturated heterocycles. The van der Waals surface area contributed by atoms with Crippen molar-refractivity contribution in [1.82, 2.24) is 9.97 Å². The molecule has 19 heavy (non-hydrogen) atoms. The highest BCUT2D eigenvalue weighted by molar-refractivity contribution is 7.92. The third-order valence-corrected chi connectivity index (χ3v) is 7.09. The highest BCUT2D eigenvalue weighted by Crippen LogP contribution is 2.45. The van der Waals surface area contributed by atoms with Gasteiger partial charge in [-0.1, -0.05) is 6.42 Å². The molecule has 3 heterocycles. The van der Waals surface area contributed by atoms with Gasteiger partial charge in [-0.3, -0.25) is 0 Å². The van der Waals surface area contributed by atoms with Gasteiger partial charge in [-0.2, -0.15) is 0 Å². The molecule has 1 aromatic rings. The van der Waals surface area contributed by atoms with Gasteiger partial charge < -0.3 is 5.11 Å². The molecule has 2 bridgehead atoms. The van der Waals surface area contributed by atoms with Crippen LogP contribution in [0.25, 0.3) is 0 Å². The minimum absolute atomic E-state index is 0.276. The van der Waals surface area contributed by atoms with Crippen LogP contribution in [-0.4, -0.2) is 34.0 Å². The molecule has 2 aliphatic rings. The van der Waals surface area contributed by atoms with Crippen LogP contribution in [0.4, 0.5) is 0 Å². The molecular formula is C13H18N2O3S. The zero-order chi connectivity index (χ0) is 13.7. The van der Waals surface area contributed by atoms with E-state index in [1.807, 2.05) is 0 Å². The van der Waals surface area contributed by atoms with Crippen molar-refractivity contribution in [3.8, 4) is 0 Å². The summed E-state index contributed by atoms with van der Waals surface area (Å²) in [7, 11) is -3.05. The van der Waals surface area contributed by atoms with Gasteiger partial charge in [-0.05, 0) is 32.6 Å². The maximum atomic E-state index is 12.2. The molecule has 0 spiro atoms. The molecule has 5 nitrogen and oxygen atoms in total. The summed E-state index contributed by atoms with van der Waals surface area (Å²) in [6.45, 7) is 1.79. The van der Waals surface area contributed by atoms with E-state index in [1.54, 1.807) is 19.3 Å². The highest BCUT2D eigenvalue weighted by atomic mass is 32.2. The first-order chi connectivity index (χ1) is 8.92. The van der Waals surface area contributed by atoms with Crippen LogP contribution >= 0.6 is 0 Å². The monoisotopic (exact) mass is 282 g/mol. The van der Waals surface area contributed by atoms with Crippen molar-refractivity contribution in [1.29, 1.82) is 0 Å². The fourth-order valence-corrected chi connectivity index (χ4v) is 5.87. The zero-order valence-corrected chi connectivity index (χ0v) is 11.7. The number of hydrogen-bond donors (Lipinski definition) is 1. The van der Waals surface area contributed by atoms with Gasteiger partial charge in [0.2, 0.25) is 0 Å². The van der Waals surface area contributed by atoms with E-state index in [9.17, 15) is 13.5 Å². The molecule has 2 atom stereocenters. The van der Waals surface area contributed by atoms with E-state index >= 15 is 0 Å². The molecule has 2 unspecified atom stereocenters.